The molecule has 2 rings (SSSR count). The van der Waals surface area contributed by atoms with Crippen molar-refractivity contribution in [3.8, 4) is 5.75 Å². The lowest BCUT2D eigenvalue weighted by Crippen LogP contribution is -2.26. The van der Waals surface area contributed by atoms with E-state index < -0.39 is 0 Å². The number of unbranched alkanes of at least 4 members (excludes halogenated alkanes) is 1. The summed E-state index contributed by atoms with van der Waals surface area (Å²) in [5.74, 6) is 1.06. The summed E-state index contributed by atoms with van der Waals surface area (Å²) in [6, 6.07) is 8.36. The van der Waals surface area contributed by atoms with Gasteiger partial charge in [-0.3, -0.25) is 4.90 Å². The Morgan fingerprint density at radius 2 is 2.12 bits per heavy atom. The number of rotatable bonds is 4. The van der Waals surface area contributed by atoms with Crippen LogP contribution in [0.3, 0.4) is 0 Å². The van der Waals surface area contributed by atoms with Crippen LogP contribution in [0.5, 0.6) is 5.75 Å². The largest absolute Gasteiger partial charge is 0.492 e. The summed E-state index contributed by atoms with van der Waals surface area (Å²) in [6.07, 6.45) is 2.51. The number of hydrogen-bond donors (Lipinski definition) is 0. The van der Waals surface area contributed by atoms with E-state index in [1.54, 1.807) is 0 Å². The van der Waals surface area contributed by atoms with E-state index in [9.17, 15) is 0 Å². The standard InChI is InChI=1S/C13H18BrNO/c14-7-3-4-8-15-9-10-16-13-6-2-1-5-12(13)11-15/h1-2,5-6H,3-4,7-11H2. The van der Waals surface area contributed by atoms with Gasteiger partial charge in [-0.2, -0.15) is 0 Å². The number of para-hydroxylation sites is 1. The van der Waals surface area contributed by atoms with Gasteiger partial charge in [0.2, 0.25) is 0 Å². The SMILES string of the molecule is BrCCCCN1CCOc2ccccc2C1. The van der Waals surface area contributed by atoms with Gasteiger partial charge in [-0.05, 0) is 25.5 Å². The Morgan fingerprint density at radius 3 is 3.00 bits per heavy atom. The number of alkyl halides is 1. The Bertz CT molecular complexity index is 329. The number of ether oxygens (including phenoxy) is 1. The van der Waals surface area contributed by atoms with Crippen LogP contribution in [-0.4, -0.2) is 29.9 Å². The molecule has 1 heterocycles. The molecular weight excluding hydrogens is 266 g/mol. The molecule has 2 nitrogen and oxygen atoms in total. The first kappa shape index (κ1) is 11.9. The van der Waals surface area contributed by atoms with Gasteiger partial charge < -0.3 is 4.74 Å². The molecular formula is C13H18BrNO. The topological polar surface area (TPSA) is 12.5 Å². The molecule has 88 valence electrons. The average Bonchev–Trinajstić information content (AvgIpc) is 2.51. The Balaban J connectivity index is 1.94. The fourth-order valence-corrected chi connectivity index (χ4v) is 2.40. The Hall–Kier alpha value is -0.540. The average molecular weight is 284 g/mol. The van der Waals surface area contributed by atoms with Crippen molar-refractivity contribution in [1.29, 1.82) is 0 Å². The molecule has 1 aliphatic heterocycles. The summed E-state index contributed by atoms with van der Waals surface area (Å²) < 4.78 is 5.73. The summed E-state index contributed by atoms with van der Waals surface area (Å²) in [5, 5.41) is 1.11. The van der Waals surface area contributed by atoms with Crippen LogP contribution in [0.15, 0.2) is 24.3 Å². The van der Waals surface area contributed by atoms with E-state index in [4.69, 9.17) is 4.74 Å². The highest BCUT2D eigenvalue weighted by Gasteiger charge is 2.13. The van der Waals surface area contributed by atoms with E-state index >= 15 is 0 Å². The smallest absolute Gasteiger partial charge is 0.123 e. The molecule has 0 aromatic heterocycles. The van der Waals surface area contributed by atoms with Gasteiger partial charge >= 0.3 is 0 Å². The van der Waals surface area contributed by atoms with Crippen molar-refractivity contribution >= 4 is 15.9 Å². The molecule has 0 saturated heterocycles. The summed E-state index contributed by atoms with van der Waals surface area (Å²) in [6.45, 7) is 4.05. The van der Waals surface area contributed by atoms with E-state index in [0.29, 0.717) is 0 Å². The summed E-state index contributed by atoms with van der Waals surface area (Å²) in [7, 11) is 0. The third-order valence-corrected chi connectivity index (χ3v) is 3.45. The first-order valence-electron chi connectivity index (χ1n) is 5.89. The molecule has 0 amide bonds. The van der Waals surface area contributed by atoms with Gasteiger partial charge in [0.15, 0.2) is 0 Å². The first-order chi connectivity index (χ1) is 7.90. The number of fused-ring (bicyclic) bond motifs is 1. The molecule has 1 aliphatic rings. The molecule has 0 atom stereocenters. The van der Waals surface area contributed by atoms with Crippen molar-refractivity contribution in [2.75, 3.05) is 25.0 Å². The Kier molecular flexibility index (Phi) is 4.67. The van der Waals surface area contributed by atoms with Crippen LogP contribution in [0.2, 0.25) is 0 Å². The van der Waals surface area contributed by atoms with Gasteiger partial charge in [-0.15, -0.1) is 0 Å². The van der Waals surface area contributed by atoms with Crippen LogP contribution in [0.4, 0.5) is 0 Å². The lowest BCUT2D eigenvalue weighted by molar-refractivity contribution is 0.224. The molecule has 0 spiro atoms. The van der Waals surface area contributed by atoms with Gasteiger partial charge in [-0.25, -0.2) is 0 Å². The zero-order valence-electron chi connectivity index (χ0n) is 9.49. The molecule has 0 radical (unpaired) electrons. The van der Waals surface area contributed by atoms with Gasteiger partial charge in [0.25, 0.3) is 0 Å². The van der Waals surface area contributed by atoms with Crippen LogP contribution in [0, 0.1) is 0 Å². The first-order valence-corrected chi connectivity index (χ1v) is 7.01. The van der Waals surface area contributed by atoms with Crippen LogP contribution >= 0.6 is 15.9 Å². The zero-order chi connectivity index (χ0) is 11.2. The maximum atomic E-state index is 5.73. The lowest BCUT2D eigenvalue weighted by Gasteiger charge is -2.18. The van der Waals surface area contributed by atoms with Crippen molar-refractivity contribution in [1.82, 2.24) is 4.90 Å². The molecule has 0 aliphatic carbocycles. The number of nitrogens with zero attached hydrogens (tertiary/aromatic N) is 1. The minimum atomic E-state index is 0.811. The summed E-state index contributed by atoms with van der Waals surface area (Å²) >= 11 is 3.47. The zero-order valence-corrected chi connectivity index (χ0v) is 11.1. The molecule has 0 N–H and O–H groups in total. The summed E-state index contributed by atoms with van der Waals surface area (Å²) in [5.41, 5.74) is 1.32. The Morgan fingerprint density at radius 1 is 1.25 bits per heavy atom. The predicted molar refractivity (Wildman–Crippen MR) is 70.2 cm³/mol. The van der Waals surface area contributed by atoms with Gasteiger partial charge in [-0.1, -0.05) is 34.1 Å². The monoisotopic (exact) mass is 283 g/mol. The predicted octanol–water partition coefficient (Wildman–Crippen LogP) is 3.06. The quantitative estimate of drug-likeness (QED) is 0.622. The minimum absolute atomic E-state index is 0.811. The van der Waals surface area contributed by atoms with E-state index in [-0.39, 0.29) is 0 Å². The number of halogens is 1. The van der Waals surface area contributed by atoms with E-state index in [2.05, 4.69) is 39.0 Å². The Labute approximate surface area is 106 Å². The molecule has 16 heavy (non-hydrogen) atoms. The molecule has 3 heteroatoms. The van der Waals surface area contributed by atoms with Crippen LogP contribution in [0.25, 0.3) is 0 Å². The van der Waals surface area contributed by atoms with Crippen molar-refractivity contribution in [2.24, 2.45) is 0 Å². The fourth-order valence-electron chi connectivity index (χ4n) is 2.00. The normalized spacial score (nSPS) is 16.3. The minimum Gasteiger partial charge on any atom is -0.492 e. The van der Waals surface area contributed by atoms with Gasteiger partial charge in [0.1, 0.15) is 12.4 Å². The van der Waals surface area contributed by atoms with E-state index in [1.807, 2.05) is 6.07 Å². The van der Waals surface area contributed by atoms with Gasteiger partial charge in [0, 0.05) is 24.0 Å². The van der Waals surface area contributed by atoms with Crippen molar-refractivity contribution < 1.29 is 4.74 Å². The van der Waals surface area contributed by atoms with E-state index in [0.717, 1.165) is 30.8 Å². The molecule has 1 aromatic carbocycles. The second-order valence-corrected chi connectivity index (χ2v) is 4.92. The summed E-state index contributed by atoms with van der Waals surface area (Å²) in [4.78, 5) is 2.48. The molecule has 0 bridgehead atoms. The highest BCUT2D eigenvalue weighted by Crippen LogP contribution is 2.22. The van der Waals surface area contributed by atoms with Crippen molar-refractivity contribution in [3.05, 3.63) is 29.8 Å². The van der Waals surface area contributed by atoms with Crippen molar-refractivity contribution in [3.63, 3.8) is 0 Å². The highest BCUT2D eigenvalue weighted by atomic mass is 79.9. The van der Waals surface area contributed by atoms with E-state index in [1.165, 1.54) is 24.9 Å². The molecule has 1 aromatic rings. The van der Waals surface area contributed by atoms with Crippen LogP contribution in [-0.2, 0) is 6.54 Å². The molecule has 0 saturated carbocycles. The third kappa shape index (κ3) is 3.22. The lowest BCUT2D eigenvalue weighted by atomic mass is 10.2. The second-order valence-electron chi connectivity index (χ2n) is 4.13. The second kappa shape index (κ2) is 6.26. The fraction of sp³-hybridized carbons (Fsp3) is 0.538. The molecule has 0 fully saturated rings. The number of benzene rings is 1. The maximum Gasteiger partial charge on any atom is 0.123 e. The van der Waals surface area contributed by atoms with Crippen LogP contribution < -0.4 is 4.74 Å². The van der Waals surface area contributed by atoms with Gasteiger partial charge in [0.05, 0.1) is 0 Å². The maximum absolute atomic E-state index is 5.73. The third-order valence-electron chi connectivity index (χ3n) is 2.89. The molecule has 0 unspecified atom stereocenters. The van der Waals surface area contributed by atoms with Crippen LogP contribution in [0.1, 0.15) is 18.4 Å². The number of hydrogen-bond acceptors (Lipinski definition) is 2. The highest BCUT2D eigenvalue weighted by molar-refractivity contribution is 9.09. The van der Waals surface area contributed by atoms with Crippen molar-refractivity contribution in [2.45, 2.75) is 19.4 Å².